The van der Waals surface area contributed by atoms with Gasteiger partial charge in [0.15, 0.2) is 22.9 Å². The standard InChI is InChI=1S/C22H23F2N3O2S/c1-14(2)12-27-21(15(3)29-19-10-8-18(24)9-11-19)25-26-22(27)30-13-20(28)16-4-6-17(23)7-5-16/h4-11,14-15H,12-13H2,1-3H3. The maximum absolute atomic E-state index is 13.1. The van der Waals surface area contributed by atoms with Crippen LogP contribution >= 0.6 is 11.8 Å². The number of aromatic nitrogens is 3. The molecule has 0 bridgehead atoms. The molecule has 5 nitrogen and oxygen atoms in total. The van der Waals surface area contributed by atoms with Crippen LogP contribution < -0.4 is 4.74 Å². The van der Waals surface area contributed by atoms with Gasteiger partial charge < -0.3 is 9.30 Å². The number of benzene rings is 2. The highest BCUT2D eigenvalue weighted by Crippen LogP contribution is 2.26. The van der Waals surface area contributed by atoms with Crippen LogP contribution in [0.25, 0.3) is 0 Å². The molecule has 1 atom stereocenters. The van der Waals surface area contributed by atoms with Crippen molar-refractivity contribution in [2.45, 2.75) is 38.6 Å². The van der Waals surface area contributed by atoms with Crippen molar-refractivity contribution in [2.75, 3.05) is 5.75 Å². The zero-order valence-electron chi connectivity index (χ0n) is 17.0. The number of hydrogen-bond acceptors (Lipinski definition) is 5. The lowest BCUT2D eigenvalue weighted by Crippen LogP contribution is -2.15. The molecule has 0 spiro atoms. The predicted octanol–water partition coefficient (Wildman–Crippen LogP) is 5.33. The molecule has 1 aromatic heterocycles. The third kappa shape index (κ3) is 5.66. The van der Waals surface area contributed by atoms with Crippen LogP contribution in [0.15, 0.2) is 53.7 Å². The van der Waals surface area contributed by atoms with Gasteiger partial charge in [0.1, 0.15) is 17.4 Å². The van der Waals surface area contributed by atoms with Crippen molar-refractivity contribution >= 4 is 17.5 Å². The molecule has 0 aliphatic rings. The van der Waals surface area contributed by atoms with Crippen molar-refractivity contribution in [1.29, 1.82) is 0 Å². The molecule has 1 heterocycles. The van der Waals surface area contributed by atoms with E-state index in [0.29, 0.717) is 34.8 Å². The van der Waals surface area contributed by atoms with Gasteiger partial charge in [0, 0.05) is 12.1 Å². The lowest BCUT2D eigenvalue weighted by Gasteiger charge is -2.17. The summed E-state index contributed by atoms with van der Waals surface area (Å²) in [6, 6.07) is 11.3. The second kappa shape index (κ2) is 9.84. The number of nitrogens with zero attached hydrogens (tertiary/aromatic N) is 3. The average Bonchev–Trinajstić information content (AvgIpc) is 3.10. The highest BCUT2D eigenvalue weighted by Gasteiger charge is 2.21. The summed E-state index contributed by atoms with van der Waals surface area (Å²) in [6.45, 7) is 6.66. The summed E-state index contributed by atoms with van der Waals surface area (Å²) in [6.07, 6.45) is -0.413. The van der Waals surface area contributed by atoms with Crippen molar-refractivity contribution in [3.8, 4) is 5.75 Å². The van der Waals surface area contributed by atoms with Gasteiger partial charge in [0.05, 0.1) is 5.75 Å². The van der Waals surface area contributed by atoms with Crippen molar-refractivity contribution in [3.05, 3.63) is 71.6 Å². The maximum Gasteiger partial charge on any atom is 0.191 e. The van der Waals surface area contributed by atoms with E-state index in [1.54, 1.807) is 12.1 Å². The molecule has 0 saturated carbocycles. The van der Waals surface area contributed by atoms with Gasteiger partial charge in [0.25, 0.3) is 0 Å². The molecule has 2 aromatic carbocycles. The topological polar surface area (TPSA) is 57.0 Å². The van der Waals surface area contributed by atoms with Gasteiger partial charge in [-0.05, 0) is 61.4 Å². The van der Waals surface area contributed by atoms with Gasteiger partial charge in [-0.1, -0.05) is 25.6 Å². The number of hydrogen-bond donors (Lipinski definition) is 0. The minimum absolute atomic E-state index is 0.115. The molecule has 0 N–H and O–H groups in total. The summed E-state index contributed by atoms with van der Waals surface area (Å²) in [7, 11) is 0. The van der Waals surface area contributed by atoms with Crippen molar-refractivity contribution < 1.29 is 18.3 Å². The monoisotopic (exact) mass is 431 g/mol. The molecule has 0 fully saturated rings. The Kier molecular flexibility index (Phi) is 7.20. The summed E-state index contributed by atoms with van der Waals surface area (Å²) in [4.78, 5) is 12.4. The Morgan fingerprint density at radius 1 is 1.00 bits per heavy atom. The molecule has 8 heteroatoms. The summed E-state index contributed by atoms with van der Waals surface area (Å²) >= 11 is 1.28. The number of Topliss-reactive ketones (excluding diaryl/α,β-unsaturated/α-hetero) is 1. The fourth-order valence-corrected chi connectivity index (χ4v) is 3.71. The summed E-state index contributed by atoms with van der Waals surface area (Å²) in [5.41, 5.74) is 0.451. The van der Waals surface area contributed by atoms with E-state index in [9.17, 15) is 13.6 Å². The van der Waals surface area contributed by atoms with Crippen LogP contribution in [-0.4, -0.2) is 26.3 Å². The quantitative estimate of drug-likeness (QED) is 0.339. The number of halogens is 2. The predicted molar refractivity (Wildman–Crippen MR) is 112 cm³/mol. The van der Waals surface area contributed by atoms with Crippen LogP contribution in [0.5, 0.6) is 5.75 Å². The Hall–Kier alpha value is -2.74. The Labute approximate surface area is 178 Å². The van der Waals surface area contributed by atoms with Crippen LogP contribution in [0, 0.1) is 17.6 Å². The number of rotatable bonds is 9. The summed E-state index contributed by atoms with van der Waals surface area (Å²) < 4.78 is 34.0. The van der Waals surface area contributed by atoms with Crippen LogP contribution in [-0.2, 0) is 6.54 Å². The van der Waals surface area contributed by atoms with Gasteiger partial charge in [-0.3, -0.25) is 4.79 Å². The van der Waals surface area contributed by atoms with E-state index in [-0.39, 0.29) is 23.2 Å². The van der Waals surface area contributed by atoms with Gasteiger partial charge in [-0.25, -0.2) is 8.78 Å². The van der Waals surface area contributed by atoms with Crippen LogP contribution in [0.1, 0.15) is 43.1 Å². The smallest absolute Gasteiger partial charge is 0.191 e. The van der Waals surface area contributed by atoms with Crippen LogP contribution in [0.3, 0.4) is 0 Å². The van der Waals surface area contributed by atoms with Crippen molar-refractivity contribution in [1.82, 2.24) is 14.8 Å². The molecule has 0 aliphatic carbocycles. The van der Waals surface area contributed by atoms with E-state index < -0.39 is 6.10 Å². The molecule has 0 amide bonds. The molecule has 3 aromatic rings. The molecule has 158 valence electrons. The molecular formula is C22H23F2N3O2S. The first-order valence-electron chi connectivity index (χ1n) is 9.60. The average molecular weight is 432 g/mol. The first-order chi connectivity index (χ1) is 14.3. The SMILES string of the molecule is CC(C)Cn1c(SCC(=O)c2ccc(F)cc2)nnc1C(C)Oc1ccc(F)cc1. The number of ether oxygens (including phenoxy) is 1. The molecule has 1 unspecified atom stereocenters. The number of thioether (sulfide) groups is 1. The third-order valence-electron chi connectivity index (χ3n) is 4.28. The molecule has 0 aliphatic heterocycles. The van der Waals surface area contributed by atoms with E-state index in [0.717, 1.165) is 0 Å². The fourth-order valence-electron chi connectivity index (χ4n) is 2.86. The van der Waals surface area contributed by atoms with Crippen molar-refractivity contribution in [3.63, 3.8) is 0 Å². The minimum atomic E-state index is -0.413. The normalized spacial score (nSPS) is 12.2. The second-order valence-electron chi connectivity index (χ2n) is 7.28. The van der Waals surface area contributed by atoms with Gasteiger partial charge in [-0.15, -0.1) is 10.2 Å². The Bertz CT molecular complexity index is 989. The van der Waals surface area contributed by atoms with Crippen LogP contribution in [0.2, 0.25) is 0 Å². The van der Waals surface area contributed by atoms with E-state index in [2.05, 4.69) is 24.0 Å². The molecule has 30 heavy (non-hydrogen) atoms. The fraction of sp³-hybridized carbons (Fsp3) is 0.318. The molecule has 0 saturated heterocycles. The Balaban J connectivity index is 1.74. The first kappa shape index (κ1) is 22.0. The van der Waals surface area contributed by atoms with E-state index in [4.69, 9.17) is 4.74 Å². The second-order valence-corrected chi connectivity index (χ2v) is 8.22. The first-order valence-corrected chi connectivity index (χ1v) is 10.6. The van der Waals surface area contributed by atoms with E-state index in [1.165, 1.54) is 48.2 Å². The van der Waals surface area contributed by atoms with Crippen LogP contribution in [0.4, 0.5) is 8.78 Å². The highest BCUT2D eigenvalue weighted by molar-refractivity contribution is 7.99. The minimum Gasteiger partial charge on any atom is -0.483 e. The highest BCUT2D eigenvalue weighted by atomic mass is 32.2. The molecule has 0 radical (unpaired) electrons. The zero-order chi connectivity index (χ0) is 21.7. The maximum atomic E-state index is 13.1. The number of carbonyl (C=O) groups excluding carboxylic acids is 1. The number of ketones is 1. The van der Waals surface area contributed by atoms with Gasteiger partial charge >= 0.3 is 0 Å². The molecular weight excluding hydrogens is 408 g/mol. The lowest BCUT2D eigenvalue weighted by atomic mass is 10.1. The Morgan fingerprint density at radius 2 is 1.60 bits per heavy atom. The van der Waals surface area contributed by atoms with Gasteiger partial charge in [0.2, 0.25) is 0 Å². The zero-order valence-corrected chi connectivity index (χ0v) is 17.8. The Morgan fingerprint density at radius 3 is 2.20 bits per heavy atom. The third-order valence-corrected chi connectivity index (χ3v) is 5.25. The van der Waals surface area contributed by atoms with E-state index >= 15 is 0 Å². The molecule has 3 rings (SSSR count). The largest absolute Gasteiger partial charge is 0.483 e. The number of carbonyl (C=O) groups is 1. The lowest BCUT2D eigenvalue weighted by molar-refractivity contribution is 0.102. The van der Waals surface area contributed by atoms with E-state index in [1.807, 2.05) is 11.5 Å². The van der Waals surface area contributed by atoms with Gasteiger partial charge in [-0.2, -0.15) is 0 Å². The summed E-state index contributed by atoms with van der Waals surface area (Å²) in [5, 5.41) is 9.14. The van der Waals surface area contributed by atoms with Crippen molar-refractivity contribution in [2.24, 2.45) is 5.92 Å². The summed E-state index contributed by atoms with van der Waals surface area (Å²) in [5.74, 6) is 0.822.